The number of benzene rings is 2. The van der Waals surface area contributed by atoms with Crippen LogP contribution in [-0.4, -0.2) is 47.5 Å². The van der Waals surface area contributed by atoms with Crippen LogP contribution >= 0.6 is 11.6 Å². The van der Waals surface area contributed by atoms with Crippen molar-refractivity contribution in [3.63, 3.8) is 0 Å². The first-order valence-corrected chi connectivity index (χ1v) is 11.3. The third-order valence-corrected chi connectivity index (χ3v) is 6.71. The molecule has 1 aliphatic heterocycles. The van der Waals surface area contributed by atoms with Gasteiger partial charge < -0.3 is 24.8 Å². The Labute approximate surface area is 190 Å². The number of methoxy groups -OCH3 is 3. The van der Waals surface area contributed by atoms with Gasteiger partial charge in [0, 0.05) is 16.8 Å². The molecule has 32 heavy (non-hydrogen) atoms. The maximum Gasteiger partial charge on any atom is 0.338 e. The molecule has 11 heteroatoms. The first-order valence-electron chi connectivity index (χ1n) is 9.29. The summed E-state index contributed by atoms with van der Waals surface area (Å²) in [6.07, 6.45) is 0. The number of sulfone groups is 1. The molecule has 2 N–H and O–H groups in total. The summed E-state index contributed by atoms with van der Waals surface area (Å²) in [5.74, 6) is -1.07. The Morgan fingerprint density at radius 2 is 1.75 bits per heavy atom. The minimum absolute atomic E-state index is 0.0418. The van der Waals surface area contributed by atoms with Crippen molar-refractivity contribution in [1.29, 1.82) is 0 Å². The van der Waals surface area contributed by atoms with Gasteiger partial charge in [-0.25, -0.2) is 18.0 Å². The molecule has 3 rings (SSSR count). The molecule has 1 heterocycles. The largest absolute Gasteiger partial charge is 0.497 e. The van der Waals surface area contributed by atoms with Gasteiger partial charge in [-0.2, -0.15) is 0 Å². The smallest absolute Gasteiger partial charge is 0.338 e. The van der Waals surface area contributed by atoms with Crippen LogP contribution in [0.1, 0.15) is 11.6 Å². The summed E-state index contributed by atoms with van der Waals surface area (Å²) < 4.78 is 41.8. The molecule has 1 atom stereocenters. The van der Waals surface area contributed by atoms with Gasteiger partial charge in [0.1, 0.15) is 16.4 Å². The van der Waals surface area contributed by atoms with Gasteiger partial charge in [-0.3, -0.25) is 0 Å². The Morgan fingerprint density at radius 1 is 1.06 bits per heavy atom. The molecule has 2 aromatic carbocycles. The minimum atomic E-state index is -4.08. The molecular formula is C21H21ClN2O7S. The summed E-state index contributed by atoms with van der Waals surface area (Å²) in [7, 11) is -0.173. The number of urea groups is 1. The van der Waals surface area contributed by atoms with E-state index in [-0.39, 0.29) is 21.9 Å². The first-order chi connectivity index (χ1) is 15.2. The fourth-order valence-corrected chi connectivity index (χ4v) is 4.93. The average Bonchev–Trinajstić information content (AvgIpc) is 2.78. The predicted molar refractivity (Wildman–Crippen MR) is 117 cm³/mol. The monoisotopic (exact) mass is 480 g/mol. The topological polar surface area (TPSA) is 120 Å². The molecule has 2 aromatic rings. The van der Waals surface area contributed by atoms with Crippen LogP contribution in [0.2, 0.25) is 5.02 Å². The van der Waals surface area contributed by atoms with Crippen molar-refractivity contribution in [2.45, 2.75) is 10.9 Å². The van der Waals surface area contributed by atoms with E-state index in [1.165, 1.54) is 33.5 Å². The van der Waals surface area contributed by atoms with Crippen LogP contribution in [-0.2, 0) is 19.4 Å². The fourth-order valence-electron chi connectivity index (χ4n) is 3.28. The van der Waals surface area contributed by atoms with E-state index in [1.807, 2.05) is 0 Å². The van der Waals surface area contributed by atoms with E-state index in [1.54, 1.807) is 30.3 Å². The van der Waals surface area contributed by atoms with Crippen LogP contribution in [0.4, 0.5) is 4.79 Å². The van der Waals surface area contributed by atoms with Crippen LogP contribution in [0, 0.1) is 0 Å². The zero-order chi connectivity index (χ0) is 23.5. The van der Waals surface area contributed by atoms with Gasteiger partial charge in [0.25, 0.3) is 0 Å². The highest BCUT2D eigenvalue weighted by atomic mass is 35.5. The lowest BCUT2D eigenvalue weighted by molar-refractivity contribution is -0.136. The van der Waals surface area contributed by atoms with Gasteiger partial charge in [-0.15, -0.1) is 0 Å². The van der Waals surface area contributed by atoms with E-state index < -0.39 is 33.6 Å². The van der Waals surface area contributed by atoms with Gasteiger partial charge in [0.15, 0.2) is 9.84 Å². The number of esters is 1. The third kappa shape index (κ3) is 4.81. The number of halogens is 1. The number of rotatable bonds is 7. The Balaban J connectivity index is 2.13. The standard InChI is InChI=1S/C21H21ClN2O7S/c1-29-14-8-9-16(30-2)17(10-14)32(27,28)11-15-18(20(25)31-3)19(24-21(26)23-15)12-4-6-13(22)7-5-12/h4-10,19H,11H2,1-3H3,(H2,23,24,26)/t19-/m1/s1. The molecule has 0 radical (unpaired) electrons. The number of hydrogen-bond donors (Lipinski definition) is 2. The molecule has 0 aliphatic carbocycles. The van der Waals surface area contributed by atoms with Gasteiger partial charge in [0.05, 0.1) is 38.7 Å². The summed E-state index contributed by atoms with van der Waals surface area (Å²) in [5.41, 5.74) is 0.379. The first kappa shape index (κ1) is 23.4. The molecule has 0 aromatic heterocycles. The summed E-state index contributed by atoms with van der Waals surface area (Å²) in [6, 6.07) is 9.16. The third-order valence-electron chi connectivity index (χ3n) is 4.80. The fraction of sp³-hybridized carbons (Fsp3) is 0.238. The number of amides is 2. The molecular weight excluding hydrogens is 460 g/mol. The van der Waals surface area contributed by atoms with E-state index >= 15 is 0 Å². The molecule has 0 bridgehead atoms. The van der Waals surface area contributed by atoms with Crippen LogP contribution < -0.4 is 20.1 Å². The van der Waals surface area contributed by atoms with Crippen LogP contribution in [0.15, 0.2) is 58.6 Å². The highest BCUT2D eigenvalue weighted by molar-refractivity contribution is 7.91. The minimum Gasteiger partial charge on any atom is -0.497 e. The van der Waals surface area contributed by atoms with Crippen molar-refractivity contribution in [3.8, 4) is 11.5 Å². The van der Waals surface area contributed by atoms with Crippen LogP contribution in [0.25, 0.3) is 0 Å². The lowest BCUT2D eigenvalue weighted by Gasteiger charge is -2.29. The highest BCUT2D eigenvalue weighted by Crippen LogP contribution is 2.33. The van der Waals surface area contributed by atoms with Crippen molar-refractivity contribution in [3.05, 3.63) is 64.3 Å². The lowest BCUT2D eigenvalue weighted by atomic mass is 9.95. The normalized spacial score (nSPS) is 16.1. The van der Waals surface area contributed by atoms with E-state index in [0.717, 1.165) is 0 Å². The quantitative estimate of drug-likeness (QED) is 0.584. The zero-order valence-electron chi connectivity index (χ0n) is 17.5. The van der Waals surface area contributed by atoms with Crippen molar-refractivity contribution < 1.29 is 32.2 Å². The second-order valence-corrected chi connectivity index (χ2v) is 9.14. The Morgan fingerprint density at radius 3 is 2.34 bits per heavy atom. The second kappa shape index (κ2) is 9.49. The summed E-state index contributed by atoms with van der Waals surface area (Å²) in [6.45, 7) is 0. The molecule has 0 spiro atoms. The Hall–Kier alpha value is -3.24. The molecule has 0 fully saturated rings. The number of hydrogen-bond acceptors (Lipinski definition) is 7. The maximum atomic E-state index is 13.3. The van der Waals surface area contributed by atoms with Gasteiger partial charge in [0.2, 0.25) is 0 Å². The van der Waals surface area contributed by atoms with E-state index in [9.17, 15) is 18.0 Å². The lowest BCUT2D eigenvalue weighted by Crippen LogP contribution is -2.47. The summed E-state index contributed by atoms with van der Waals surface area (Å²) in [5, 5.41) is 5.52. The molecule has 170 valence electrons. The SMILES string of the molecule is COC(=O)C1=C(CS(=O)(=O)c2cc(OC)ccc2OC)NC(=O)N[C@@H]1c1ccc(Cl)cc1. The van der Waals surface area contributed by atoms with Crippen molar-refractivity contribution >= 4 is 33.4 Å². The maximum absolute atomic E-state index is 13.3. The van der Waals surface area contributed by atoms with Crippen LogP contribution in [0.5, 0.6) is 11.5 Å². The molecule has 2 amide bonds. The zero-order valence-corrected chi connectivity index (χ0v) is 19.0. The van der Waals surface area contributed by atoms with Gasteiger partial charge >= 0.3 is 12.0 Å². The number of carbonyl (C=O) groups is 2. The van der Waals surface area contributed by atoms with Crippen molar-refractivity contribution in [1.82, 2.24) is 10.6 Å². The summed E-state index contributed by atoms with van der Waals surface area (Å²) in [4.78, 5) is 24.8. The van der Waals surface area contributed by atoms with Crippen molar-refractivity contribution in [2.75, 3.05) is 27.1 Å². The highest BCUT2D eigenvalue weighted by Gasteiger charge is 2.36. The number of ether oxygens (including phenoxy) is 3. The molecule has 1 aliphatic rings. The van der Waals surface area contributed by atoms with Gasteiger partial charge in [-0.05, 0) is 29.8 Å². The van der Waals surface area contributed by atoms with Crippen molar-refractivity contribution in [2.24, 2.45) is 0 Å². The van der Waals surface area contributed by atoms with E-state index in [0.29, 0.717) is 16.3 Å². The van der Waals surface area contributed by atoms with E-state index in [2.05, 4.69) is 10.6 Å². The number of carbonyl (C=O) groups excluding carboxylic acids is 2. The summed E-state index contributed by atoms with van der Waals surface area (Å²) >= 11 is 5.94. The van der Waals surface area contributed by atoms with Gasteiger partial charge in [-0.1, -0.05) is 23.7 Å². The average molecular weight is 481 g/mol. The molecule has 0 saturated heterocycles. The van der Waals surface area contributed by atoms with E-state index in [4.69, 9.17) is 25.8 Å². The van der Waals surface area contributed by atoms with Crippen LogP contribution in [0.3, 0.4) is 0 Å². The predicted octanol–water partition coefficient (Wildman–Crippen LogP) is 2.61. The molecule has 0 saturated carbocycles. The Bertz CT molecular complexity index is 1180. The Kier molecular flexibility index (Phi) is 6.95. The second-order valence-electron chi connectivity index (χ2n) is 6.74. The molecule has 0 unspecified atom stereocenters. The number of nitrogens with one attached hydrogen (secondary N) is 2. The molecule has 9 nitrogen and oxygen atoms in total.